The van der Waals surface area contributed by atoms with Crippen molar-refractivity contribution in [3.05, 3.63) is 51.4 Å². The van der Waals surface area contributed by atoms with E-state index in [0.29, 0.717) is 0 Å². The van der Waals surface area contributed by atoms with E-state index in [0.717, 1.165) is 15.5 Å². The van der Waals surface area contributed by atoms with Gasteiger partial charge in [0.25, 0.3) is 0 Å². The first kappa shape index (κ1) is 9.65. The van der Waals surface area contributed by atoms with Crippen LogP contribution in [0.3, 0.4) is 0 Å². The maximum Gasteiger partial charge on any atom is 0.0662 e. The van der Waals surface area contributed by atoms with Crippen LogP contribution in [-0.4, -0.2) is 4.98 Å². The summed E-state index contributed by atoms with van der Waals surface area (Å²) in [5, 5.41) is 2.68. The zero-order chi connectivity index (χ0) is 9.97. The highest BCUT2D eigenvalue weighted by Crippen LogP contribution is 2.30. The number of pyridine rings is 1. The second kappa shape index (κ2) is 4.09. The minimum absolute atomic E-state index is 0.148. The number of halogens is 1. The molecule has 0 saturated carbocycles. The van der Waals surface area contributed by atoms with Crippen LogP contribution in [0.4, 0.5) is 0 Å². The van der Waals surface area contributed by atoms with E-state index in [-0.39, 0.29) is 6.04 Å². The molecule has 0 spiro atoms. The summed E-state index contributed by atoms with van der Waals surface area (Å²) in [6.45, 7) is 0. The maximum absolute atomic E-state index is 6.06. The van der Waals surface area contributed by atoms with Crippen molar-refractivity contribution >= 4 is 22.9 Å². The summed E-state index contributed by atoms with van der Waals surface area (Å²) in [5.74, 6) is 0. The SMILES string of the molecule is NC(c1ccncc1)c1sccc1Cl. The normalized spacial score (nSPS) is 12.7. The maximum atomic E-state index is 6.06. The highest BCUT2D eigenvalue weighted by molar-refractivity contribution is 7.10. The van der Waals surface area contributed by atoms with Crippen molar-refractivity contribution in [1.82, 2.24) is 4.98 Å². The standard InChI is InChI=1S/C10H9ClN2S/c11-8-3-6-14-10(8)9(12)7-1-4-13-5-2-7/h1-6,9H,12H2. The monoisotopic (exact) mass is 224 g/mol. The number of rotatable bonds is 2. The molecule has 2 rings (SSSR count). The molecule has 0 aliphatic carbocycles. The molecule has 2 aromatic heterocycles. The second-order valence-electron chi connectivity index (χ2n) is 2.89. The Morgan fingerprint density at radius 2 is 2.00 bits per heavy atom. The number of thiophene rings is 1. The molecule has 2 N–H and O–H groups in total. The summed E-state index contributed by atoms with van der Waals surface area (Å²) in [7, 11) is 0. The van der Waals surface area contributed by atoms with Gasteiger partial charge in [0, 0.05) is 17.3 Å². The van der Waals surface area contributed by atoms with E-state index in [1.807, 2.05) is 23.6 Å². The number of hydrogen-bond acceptors (Lipinski definition) is 3. The number of nitrogens with two attached hydrogens (primary N) is 1. The van der Waals surface area contributed by atoms with Gasteiger partial charge in [-0.2, -0.15) is 0 Å². The first-order valence-electron chi connectivity index (χ1n) is 4.17. The summed E-state index contributed by atoms with van der Waals surface area (Å²) in [6, 6.07) is 5.52. The van der Waals surface area contributed by atoms with Crippen molar-refractivity contribution in [2.45, 2.75) is 6.04 Å². The molecule has 0 fully saturated rings. The summed E-state index contributed by atoms with van der Waals surface area (Å²) in [6.07, 6.45) is 3.47. The molecular weight excluding hydrogens is 216 g/mol. The molecule has 1 atom stereocenters. The van der Waals surface area contributed by atoms with Crippen molar-refractivity contribution in [3.63, 3.8) is 0 Å². The van der Waals surface area contributed by atoms with Gasteiger partial charge in [-0.05, 0) is 29.1 Å². The molecule has 0 aliphatic rings. The number of hydrogen-bond donors (Lipinski definition) is 1. The summed E-state index contributed by atoms with van der Waals surface area (Å²) in [4.78, 5) is 4.94. The van der Waals surface area contributed by atoms with Crippen LogP contribution in [0.2, 0.25) is 5.02 Å². The van der Waals surface area contributed by atoms with Crippen molar-refractivity contribution < 1.29 is 0 Å². The Hall–Kier alpha value is -0.900. The lowest BCUT2D eigenvalue weighted by molar-refractivity contribution is 0.889. The average Bonchev–Trinajstić information content (AvgIpc) is 2.65. The van der Waals surface area contributed by atoms with E-state index in [9.17, 15) is 0 Å². The third-order valence-electron chi connectivity index (χ3n) is 1.99. The highest BCUT2D eigenvalue weighted by Gasteiger charge is 2.13. The third-order valence-corrected chi connectivity index (χ3v) is 3.43. The van der Waals surface area contributed by atoms with Gasteiger partial charge >= 0.3 is 0 Å². The number of nitrogens with zero attached hydrogens (tertiary/aromatic N) is 1. The smallest absolute Gasteiger partial charge is 0.0662 e. The van der Waals surface area contributed by atoms with E-state index in [1.165, 1.54) is 0 Å². The van der Waals surface area contributed by atoms with Crippen LogP contribution in [0.25, 0.3) is 0 Å². The van der Waals surface area contributed by atoms with Crippen LogP contribution in [0.1, 0.15) is 16.5 Å². The van der Waals surface area contributed by atoms with E-state index in [4.69, 9.17) is 17.3 Å². The van der Waals surface area contributed by atoms with Crippen LogP contribution < -0.4 is 5.73 Å². The Labute approximate surface area is 91.4 Å². The van der Waals surface area contributed by atoms with Gasteiger partial charge in [0.2, 0.25) is 0 Å². The molecule has 0 bridgehead atoms. The first-order valence-corrected chi connectivity index (χ1v) is 5.43. The summed E-state index contributed by atoms with van der Waals surface area (Å²) in [5.41, 5.74) is 7.09. The Morgan fingerprint density at radius 3 is 2.57 bits per heavy atom. The molecule has 2 heterocycles. The lowest BCUT2D eigenvalue weighted by atomic mass is 10.1. The predicted octanol–water partition coefficient (Wildman–Crippen LogP) is 2.84. The van der Waals surface area contributed by atoms with E-state index in [1.54, 1.807) is 23.7 Å². The predicted molar refractivity (Wildman–Crippen MR) is 59.6 cm³/mol. The molecule has 0 saturated heterocycles. The minimum Gasteiger partial charge on any atom is -0.320 e. The van der Waals surface area contributed by atoms with Gasteiger partial charge in [0.05, 0.1) is 11.1 Å². The van der Waals surface area contributed by atoms with Gasteiger partial charge < -0.3 is 5.73 Å². The Bertz CT molecular complexity index is 413. The van der Waals surface area contributed by atoms with Crippen molar-refractivity contribution in [2.75, 3.05) is 0 Å². The van der Waals surface area contributed by atoms with Gasteiger partial charge in [-0.3, -0.25) is 4.98 Å². The molecule has 0 amide bonds. The highest BCUT2D eigenvalue weighted by atomic mass is 35.5. The van der Waals surface area contributed by atoms with Crippen LogP contribution in [0.15, 0.2) is 36.0 Å². The Morgan fingerprint density at radius 1 is 1.29 bits per heavy atom. The molecule has 72 valence electrons. The summed E-state index contributed by atoms with van der Waals surface area (Å²) >= 11 is 7.57. The van der Waals surface area contributed by atoms with Gasteiger partial charge in [0.15, 0.2) is 0 Å². The van der Waals surface area contributed by atoms with E-state index in [2.05, 4.69) is 4.98 Å². The van der Waals surface area contributed by atoms with Gasteiger partial charge in [-0.1, -0.05) is 11.6 Å². The Kier molecular flexibility index (Phi) is 2.82. The molecule has 4 heteroatoms. The third kappa shape index (κ3) is 1.80. The fourth-order valence-corrected chi connectivity index (χ4v) is 2.45. The summed E-state index contributed by atoms with van der Waals surface area (Å²) < 4.78 is 0. The molecule has 0 radical (unpaired) electrons. The van der Waals surface area contributed by atoms with E-state index < -0.39 is 0 Å². The molecule has 0 aliphatic heterocycles. The van der Waals surface area contributed by atoms with Crippen LogP contribution in [-0.2, 0) is 0 Å². The zero-order valence-corrected chi connectivity index (χ0v) is 8.92. The lowest BCUT2D eigenvalue weighted by Gasteiger charge is -2.09. The number of aromatic nitrogens is 1. The largest absolute Gasteiger partial charge is 0.320 e. The fraction of sp³-hybridized carbons (Fsp3) is 0.100. The minimum atomic E-state index is -0.148. The molecule has 1 unspecified atom stereocenters. The molecule has 2 nitrogen and oxygen atoms in total. The van der Waals surface area contributed by atoms with Crippen LogP contribution in [0, 0.1) is 0 Å². The van der Waals surface area contributed by atoms with Crippen LogP contribution >= 0.6 is 22.9 Å². The second-order valence-corrected chi connectivity index (χ2v) is 4.25. The van der Waals surface area contributed by atoms with Crippen molar-refractivity contribution in [2.24, 2.45) is 5.73 Å². The first-order chi connectivity index (χ1) is 6.79. The molecule has 0 aromatic carbocycles. The zero-order valence-electron chi connectivity index (χ0n) is 7.35. The van der Waals surface area contributed by atoms with Crippen LogP contribution in [0.5, 0.6) is 0 Å². The lowest BCUT2D eigenvalue weighted by Crippen LogP contribution is -2.10. The van der Waals surface area contributed by atoms with Crippen molar-refractivity contribution in [1.29, 1.82) is 0 Å². The fourth-order valence-electron chi connectivity index (χ4n) is 1.25. The Balaban J connectivity index is 2.34. The molecular formula is C10H9ClN2S. The van der Waals surface area contributed by atoms with E-state index >= 15 is 0 Å². The quantitative estimate of drug-likeness (QED) is 0.852. The van der Waals surface area contributed by atoms with Gasteiger partial charge in [-0.15, -0.1) is 11.3 Å². The van der Waals surface area contributed by atoms with Gasteiger partial charge in [-0.25, -0.2) is 0 Å². The topological polar surface area (TPSA) is 38.9 Å². The molecule has 14 heavy (non-hydrogen) atoms. The van der Waals surface area contributed by atoms with Gasteiger partial charge in [0.1, 0.15) is 0 Å². The average molecular weight is 225 g/mol. The van der Waals surface area contributed by atoms with Crippen molar-refractivity contribution in [3.8, 4) is 0 Å². The molecule has 2 aromatic rings.